The van der Waals surface area contributed by atoms with Gasteiger partial charge in [0, 0.05) is 12.1 Å². The van der Waals surface area contributed by atoms with Crippen molar-refractivity contribution >= 4 is 17.6 Å². The van der Waals surface area contributed by atoms with Crippen LogP contribution in [0.5, 0.6) is 5.75 Å². The summed E-state index contributed by atoms with van der Waals surface area (Å²) in [4.78, 5) is 13.7. The molecule has 0 saturated carbocycles. The minimum absolute atomic E-state index is 0.219. The molecule has 35 heavy (non-hydrogen) atoms. The molecule has 1 fully saturated rings. The number of aliphatic carboxylic acids is 1. The van der Waals surface area contributed by atoms with Crippen molar-refractivity contribution in [2.45, 2.75) is 31.7 Å². The SMILES string of the molecule is O=C(O)C1CCCN(C(c2ccc(Cl)c(C(F)(F)F)c2)c2ccccc2OCc2ccccc2)C1. The molecule has 3 aromatic carbocycles. The van der Waals surface area contributed by atoms with Crippen LogP contribution in [0.4, 0.5) is 13.2 Å². The fourth-order valence-electron chi connectivity index (χ4n) is 4.53. The van der Waals surface area contributed by atoms with E-state index in [0.717, 1.165) is 11.6 Å². The average molecular weight is 504 g/mol. The number of likely N-dealkylation sites (tertiary alicyclic amines) is 1. The van der Waals surface area contributed by atoms with E-state index in [0.29, 0.717) is 36.3 Å². The number of rotatable bonds is 7. The molecule has 1 N–H and O–H groups in total. The van der Waals surface area contributed by atoms with Gasteiger partial charge in [-0.15, -0.1) is 0 Å². The summed E-state index contributed by atoms with van der Waals surface area (Å²) in [6.45, 7) is 1.05. The molecule has 0 amide bonds. The number of benzene rings is 3. The van der Waals surface area contributed by atoms with Gasteiger partial charge >= 0.3 is 12.1 Å². The van der Waals surface area contributed by atoms with E-state index in [9.17, 15) is 23.1 Å². The smallest absolute Gasteiger partial charge is 0.417 e. The van der Waals surface area contributed by atoms with Crippen LogP contribution in [-0.2, 0) is 17.6 Å². The summed E-state index contributed by atoms with van der Waals surface area (Å²) < 4.78 is 47.2. The van der Waals surface area contributed by atoms with Crippen LogP contribution >= 0.6 is 11.6 Å². The van der Waals surface area contributed by atoms with E-state index in [1.54, 1.807) is 24.3 Å². The molecule has 0 bridgehead atoms. The molecule has 0 aromatic heterocycles. The van der Waals surface area contributed by atoms with Crippen molar-refractivity contribution in [1.29, 1.82) is 0 Å². The van der Waals surface area contributed by atoms with E-state index >= 15 is 0 Å². The van der Waals surface area contributed by atoms with Gasteiger partial charge in [-0.05, 0) is 48.7 Å². The summed E-state index contributed by atoms with van der Waals surface area (Å²) in [5.74, 6) is -0.977. The second kappa shape index (κ2) is 10.7. The lowest BCUT2D eigenvalue weighted by Gasteiger charge is -2.38. The van der Waals surface area contributed by atoms with Crippen LogP contribution in [0.1, 0.15) is 41.1 Å². The maximum Gasteiger partial charge on any atom is 0.417 e. The summed E-state index contributed by atoms with van der Waals surface area (Å²) in [5, 5.41) is 9.23. The fourth-order valence-corrected chi connectivity index (χ4v) is 4.76. The van der Waals surface area contributed by atoms with Crippen LogP contribution < -0.4 is 4.74 Å². The number of halogens is 4. The Morgan fingerprint density at radius 1 is 1.09 bits per heavy atom. The van der Waals surface area contributed by atoms with Gasteiger partial charge in [-0.1, -0.05) is 66.2 Å². The molecule has 4 rings (SSSR count). The van der Waals surface area contributed by atoms with Gasteiger partial charge in [-0.2, -0.15) is 13.2 Å². The molecule has 0 aliphatic carbocycles. The molecule has 8 heteroatoms. The Hall–Kier alpha value is -3.03. The zero-order valence-corrected chi connectivity index (χ0v) is 19.6. The molecular formula is C27H25ClF3NO3. The van der Waals surface area contributed by atoms with Crippen LogP contribution in [0.15, 0.2) is 72.8 Å². The second-order valence-corrected chi connectivity index (χ2v) is 9.03. The quantitative estimate of drug-likeness (QED) is 0.384. The van der Waals surface area contributed by atoms with Gasteiger partial charge in [0.05, 0.1) is 22.5 Å². The Kier molecular flexibility index (Phi) is 7.67. The van der Waals surface area contributed by atoms with Gasteiger partial charge < -0.3 is 9.84 Å². The van der Waals surface area contributed by atoms with Gasteiger partial charge in [0.15, 0.2) is 0 Å². The molecule has 1 aliphatic heterocycles. The summed E-state index contributed by atoms with van der Waals surface area (Å²) >= 11 is 5.89. The first-order valence-corrected chi connectivity index (χ1v) is 11.7. The van der Waals surface area contributed by atoms with Crippen LogP contribution in [-0.4, -0.2) is 29.1 Å². The topological polar surface area (TPSA) is 49.8 Å². The number of para-hydroxylation sites is 1. The maximum atomic E-state index is 13.7. The number of hydrogen-bond acceptors (Lipinski definition) is 3. The zero-order chi connectivity index (χ0) is 25.0. The van der Waals surface area contributed by atoms with E-state index in [2.05, 4.69) is 0 Å². The second-order valence-electron chi connectivity index (χ2n) is 8.62. The first-order valence-electron chi connectivity index (χ1n) is 11.3. The molecule has 2 atom stereocenters. The number of hydrogen-bond donors (Lipinski definition) is 1. The van der Waals surface area contributed by atoms with Crippen molar-refractivity contribution in [1.82, 2.24) is 4.90 Å². The van der Waals surface area contributed by atoms with Crippen LogP contribution in [0.2, 0.25) is 5.02 Å². The number of carboxylic acid groups (broad SMARTS) is 1. The predicted octanol–water partition coefficient (Wildman–Crippen LogP) is 6.82. The lowest BCUT2D eigenvalue weighted by molar-refractivity contribution is -0.143. The molecular weight excluding hydrogens is 479 g/mol. The Labute approximate surface area is 206 Å². The molecule has 0 radical (unpaired) electrons. The van der Waals surface area contributed by atoms with Gasteiger partial charge in [0.2, 0.25) is 0 Å². The third-order valence-electron chi connectivity index (χ3n) is 6.23. The van der Waals surface area contributed by atoms with Gasteiger partial charge in [0.1, 0.15) is 12.4 Å². The molecule has 2 unspecified atom stereocenters. The van der Waals surface area contributed by atoms with Crippen molar-refractivity contribution in [3.05, 3.63) is 100 Å². The minimum Gasteiger partial charge on any atom is -0.489 e. The van der Waals surface area contributed by atoms with Crippen molar-refractivity contribution in [2.24, 2.45) is 5.92 Å². The standard InChI is InChI=1S/C27H25ClF3NO3/c28-23-13-12-19(15-22(23)27(29,30)31)25(32-14-6-9-20(16-32)26(33)34)21-10-4-5-11-24(21)35-17-18-7-2-1-3-8-18/h1-5,7-8,10-13,15,20,25H,6,9,14,16-17H2,(H,33,34). The Morgan fingerprint density at radius 2 is 1.80 bits per heavy atom. The van der Waals surface area contributed by atoms with E-state index in [1.807, 2.05) is 41.3 Å². The normalized spacial score (nSPS) is 17.7. The molecule has 0 spiro atoms. The minimum atomic E-state index is -4.62. The monoisotopic (exact) mass is 503 g/mol. The van der Waals surface area contributed by atoms with Gasteiger partial charge in [-0.3, -0.25) is 9.69 Å². The third-order valence-corrected chi connectivity index (χ3v) is 6.56. The summed E-state index contributed by atoms with van der Waals surface area (Å²) in [7, 11) is 0. The number of alkyl halides is 3. The molecule has 3 aromatic rings. The number of nitrogens with zero attached hydrogens (tertiary/aromatic N) is 1. The predicted molar refractivity (Wildman–Crippen MR) is 127 cm³/mol. The summed E-state index contributed by atoms with van der Waals surface area (Å²) in [6, 6.07) is 20.0. The average Bonchev–Trinajstić information content (AvgIpc) is 2.85. The summed E-state index contributed by atoms with van der Waals surface area (Å²) in [6.07, 6.45) is -3.47. The van der Waals surface area contributed by atoms with E-state index < -0.39 is 29.7 Å². The molecule has 4 nitrogen and oxygen atoms in total. The van der Waals surface area contributed by atoms with E-state index in [4.69, 9.17) is 16.3 Å². The molecule has 184 valence electrons. The molecule has 1 heterocycles. The highest BCUT2D eigenvalue weighted by Gasteiger charge is 2.37. The highest BCUT2D eigenvalue weighted by Crippen LogP contribution is 2.41. The Balaban J connectivity index is 1.77. The Morgan fingerprint density at radius 3 is 2.51 bits per heavy atom. The van der Waals surface area contributed by atoms with E-state index in [-0.39, 0.29) is 18.2 Å². The first-order chi connectivity index (χ1) is 16.7. The largest absolute Gasteiger partial charge is 0.489 e. The van der Waals surface area contributed by atoms with Crippen LogP contribution in [0, 0.1) is 5.92 Å². The number of carboxylic acids is 1. The summed E-state index contributed by atoms with van der Waals surface area (Å²) in [5.41, 5.74) is 1.08. The number of piperidine rings is 1. The highest BCUT2D eigenvalue weighted by molar-refractivity contribution is 6.31. The third kappa shape index (κ3) is 5.97. The van der Waals surface area contributed by atoms with Crippen LogP contribution in [0.3, 0.4) is 0 Å². The molecule has 1 aliphatic rings. The maximum absolute atomic E-state index is 13.7. The lowest BCUT2D eigenvalue weighted by atomic mass is 9.90. The first kappa shape index (κ1) is 25.1. The highest BCUT2D eigenvalue weighted by atomic mass is 35.5. The number of carbonyl (C=O) groups is 1. The number of ether oxygens (including phenoxy) is 1. The van der Waals surface area contributed by atoms with Crippen molar-refractivity contribution in [2.75, 3.05) is 13.1 Å². The Bertz CT molecular complexity index is 1170. The zero-order valence-electron chi connectivity index (χ0n) is 18.8. The lowest BCUT2D eigenvalue weighted by Crippen LogP contribution is -2.41. The van der Waals surface area contributed by atoms with Crippen molar-refractivity contribution < 1.29 is 27.8 Å². The van der Waals surface area contributed by atoms with Crippen LogP contribution in [0.25, 0.3) is 0 Å². The van der Waals surface area contributed by atoms with Gasteiger partial charge in [0.25, 0.3) is 0 Å². The molecule has 1 saturated heterocycles. The fraction of sp³-hybridized carbons (Fsp3) is 0.296. The van der Waals surface area contributed by atoms with Gasteiger partial charge in [-0.25, -0.2) is 0 Å². The van der Waals surface area contributed by atoms with Crippen molar-refractivity contribution in [3.63, 3.8) is 0 Å². The van der Waals surface area contributed by atoms with Crippen molar-refractivity contribution in [3.8, 4) is 5.75 Å². The van der Waals surface area contributed by atoms with E-state index in [1.165, 1.54) is 6.07 Å².